The fourth-order valence-corrected chi connectivity index (χ4v) is 3.61. The lowest BCUT2D eigenvalue weighted by Crippen LogP contribution is -2.53. The van der Waals surface area contributed by atoms with Crippen molar-refractivity contribution in [1.29, 1.82) is 0 Å². The molecule has 2 atom stereocenters. The van der Waals surface area contributed by atoms with Gasteiger partial charge in [-0.2, -0.15) is 0 Å². The summed E-state index contributed by atoms with van der Waals surface area (Å²) in [5, 5.41) is 3.42. The van der Waals surface area contributed by atoms with Gasteiger partial charge in [-0.05, 0) is 50.6 Å². The Bertz CT molecular complexity index is 402. The molecule has 21 heavy (non-hydrogen) atoms. The summed E-state index contributed by atoms with van der Waals surface area (Å²) in [6.45, 7) is 6.06. The predicted molar refractivity (Wildman–Crippen MR) is 80.7 cm³/mol. The van der Waals surface area contributed by atoms with Gasteiger partial charge >= 0.3 is 0 Å². The number of hydrogen-bond acceptors (Lipinski definition) is 3. The lowest BCUT2D eigenvalue weighted by atomic mass is 9.85. The lowest BCUT2D eigenvalue weighted by Gasteiger charge is -2.36. The molecule has 0 bridgehead atoms. The van der Waals surface area contributed by atoms with Crippen molar-refractivity contribution in [1.82, 2.24) is 15.1 Å². The Morgan fingerprint density at radius 2 is 2.14 bits per heavy atom. The van der Waals surface area contributed by atoms with Gasteiger partial charge in [-0.15, -0.1) is 0 Å². The van der Waals surface area contributed by atoms with Gasteiger partial charge in [-0.3, -0.25) is 9.59 Å². The molecule has 0 spiro atoms. The SMILES string of the molecule is CC(CC(=O)N1CCN(C2CC2)C(=O)C1)C1CCCNC1. The van der Waals surface area contributed by atoms with Crippen LogP contribution in [0.3, 0.4) is 0 Å². The van der Waals surface area contributed by atoms with Crippen LogP contribution < -0.4 is 5.32 Å². The Labute approximate surface area is 127 Å². The molecule has 5 heteroatoms. The summed E-state index contributed by atoms with van der Waals surface area (Å²) < 4.78 is 0. The summed E-state index contributed by atoms with van der Waals surface area (Å²) in [6.07, 6.45) is 5.30. The largest absolute Gasteiger partial charge is 0.336 e. The van der Waals surface area contributed by atoms with E-state index in [0.29, 0.717) is 30.8 Å². The Hall–Kier alpha value is -1.10. The van der Waals surface area contributed by atoms with Crippen LogP contribution in [0, 0.1) is 11.8 Å². The first kappa shape index (κ1) is 14.8. The molecule has 2 unspecified atom stereocenters. The zero-order chi connectivity index (χ0) is 14.8. The number of piperazine rings is 1. The maximum absolute atomic E-state index is 12.4. The fraction of sp³-hybridized carbons (Fsp3) is 0.875. The van der Waals surface area contributed by atoms with E-state index < -0.39 is 0 Å². The van der Waals surface area contributed by atoms with Crippen LogP contribution in [0.15, 0.2) is 0 Å². The highest BCUT2D eigenvalue weighted by Gasteiger charge is 2.37. The van der Waals surface area contributed by atoms with E-state index in [1.165, 1.54) is 12.8 Å². The Balaban J connectivity index is 1.47. The molecular formula is C16H27N3O2. The van der Waals surface area contributed by atoms with E-state index in [-0.39, 0.29) is 11.8 Å². The molecular weight excluding hydrogens is 266 g/mol. The number of amides is 2. The van der Waals surface area contributed by atoms with E-state index in [9.17, 15) is 9.59 Å². The highest BCUT2D eigenvalue weighted by molar-refractivity contribution is 5.86. The topological polar surface area (TPSA) is 52.7 Å². The smallest absolute Gasteiger partial charge is 0.242 e. The third kappa shape index (κ3) is 3.57. The number of carbonyl (C=O) groups excluding carboxylic acids is 2. The quantitative estimate of drug-likeness (QED) is 0.836. The molecule has 0 aromatic carbocycles. The van der Waals surface area contributed by atoms with E-state index in [4.69, 9.17) is 0 Å². The first-order chi connectivity index (χ1) is 10.1. The van der Waals surface area contributed by atoms with Crippen molar-refractivity contribution in [2.24, 2.45) is 11.8 Å². The predicted octanol–water partition coefficient (Wildman–Crippen LogP) is 0.845. The third-order valence-electron chi connectivity index (χ3n) is 5.23. The number of nitrogens with zero attached hydrogens (tertiary/aromatic N) is 2. The maximum Gasteiger partial charge on any atom is 0.242 e. The fourth-order valence-electron chi connectivity index (χ4n) is 3.61. The van der Waals surface area contributed by atoms with E-state index in [0.717, 1.165) is 39.0 Å². The minimum atomic E-state index is 0.143. The van der Waals surface area contributed by atoms with Crippen molar-refractivity contribution in [2.75, 3.05) is 32.7 Å². The van der Waals surface area contributed by atoms with Crippen molar-refractivity contribution in [3.63, 3.8) is 0 Å². The number of carbonyl (C=O) groups is 2. The van der Waals surface area contributed by atoms with Crippen molar-refractivity contribution in [3.05, 3.63) is 0 Å². The standard InChI is InChI=1S/C16H27N3O2/c1-12(13-3-2-6-17-10-13)9-15(20)18-7-8-19(14-4-5-14)16(21)11-18/h12-14,17H,2-11H2,1H3. The summed E-state index contributed by atoms with van der Waals surface area (Å²) in [5.74, 6) is 1.31. The normalized spacial score (nSPS) is 28.6. The van der Waals surface area contributed by atoms with Crippen LogP contribution >= 0.6 is 0 Å². The van der Waals surface area contributed by atoms with Gasteiger partial charge in [0.05, 0.1) is 6.54 Å². The zero-order valence-electron chi connectivity index (χ0n) is 13.0. The number of rotatable bonds is 4. The highest BCUT2D eigenvalue weighted by atomic mass is 16.2. The van der Waals surface area contributed by atoms with Crippen molar-refractivity contribution >= 4 is 11.8 Å². The van der Waals surface area contributed by atoms with Crippen LogP contribution in [0.2, 0.25) is 0 Å². The number of hydrogen-bond donors (Lipinski definition) is 1. The lowest BCUT2D eigenvalue weighted by molar-refractivity contribution is -0.146. The molecule has 1 N–H and O–H groups in total. The van der Waals surface area contributed by atoms with Gasteiger partial charge in [-0.1, -0.05) is 6.92 Å². The van der Waals surface area contributed by atoms with E-state index in [1.54, 1.807) is 4.90 Å². The van der Waals surface area contributed by atoms with Gasteiger partial charge in [0.1, 0.15) is 0 Å². The second-order valence-electron chi connectivity index (χ2n) is 6.92. The molecule has 1 saturated carbocycles. The Morgan fingerprint density at radius 1 is 1.33 bits per heavy atom. The van der Waals surface area contributed by atoms with Gasteiger partial charge in [0.2, 0.25) is 11.8 Å². The molecule has 0 aromatic rings. The number of piperidine rings is 1. The van der Waals surface area contributed by atoms with Gasteiger partial charge in [-0.25, -0.2) is 0 Å². The minimum Gasteiger partial charge on any atom is -0.336 e. The molecule has 0 radical (unpaired) electrons. The van der Waals surface area contributed by atoms with Crippen LogP contribution in [0.4, 0.5) is 0 Å². The zero-order valence-corrected chi connectivity index (χ0v) is 13.0. The molecule has 3 rings (SSSR count). The van der Waals surface area contributed by atoms with E-state index in [2.05, 4.69) is 12.2 Å². The van der Waals surface area contributed by atoms with Crippen LogP contribution in [0.25, 0.3) is 0 Å². The van der Waals surface area contributed by atoms with Crippen LogP contribution in [0.5, 0.6) is 0 Å². The summed E-state index contributed by atoms with van der Waals surface area (Å²) in [4.78, 5) is 28.3. The molecule has 2 heterocycles. The van der Waals surface area contributed by atoms with Crippen LogP contribution in [0.1, 0.15) is 39.0 Å². The monoisotopic (exact) mass is 293 g/mol. The van der Waals surface area contributed by atoms with Gasteiger partial charge in [0.15, 0.2) is 0 Å². The second-order valence-corrected chi connectivity index (χ2v) is 6.92. The molecule has 2 amide bonds. The average molecular weight is 293 g/mol. The Morgan fingerprint density at radius 3 is 2.76 bits per heavy atom. The van der Waals surface area contributed by atoms with Crippen LogP contribution in [-0.4, -0.2) is 60.4 Å². The average Bonchev–Trinajstić information content (AvgIpc) is 3.32. The maximum atomic E-state index is 12.4. The van der Waals surface area contributed by atoms with Crippen molar-refractivity contribution in [3.8, 4) is 0 Å². The molecule has 2 aliphatic heterocycles. The molecule has 3 aliphatic rings. The van der Waals surface area contributed by atoms with Crippen molar-refractivity contribution < 1.29 is 9.59 Å². The van der Waals surface area contributed by atoms with Crippen LogP contribution in [-0.2, 0) is 9.59 Å². The molecule has 3 fully saturated rings. The van der Waals surface area contributed by atoms with Gasteiger partial charge < -0.3 is 15.1 Å². The molecule has 0 aromatic heterocycles. The third-order valence-corrected chi connectivity index (χ3v) is 5.23. The summed E-state index contributed by atoms with van der Waals surface area (Å²) >= 11 is 0. The summed E-state index contributed by atoms with van der Waals surface area (Å²) in [7, 11) is 0. The highest BCUT2D eigenvalue weighted by Crippen LogP contribution is 2.28. The molecule has 1 aliphatic carbocycles. The summed E-state index contributed by atoms with van der Waals surface area (Å²) in [5.41, 5.74) is 0. The summed E-state index contributed by atoms with van der Waals surface area (Å²) in [6, 6.07) is 0.474. The molecule has 2 saturated heterocycles. The van der Waals surface area contributed by atoms with E-state index >= 15 is 0 Å². The first-order valence-corrected chi connectivity index (χ1v) is 8.43. The number of nitrogens with one attached hydrogen (secondary N) is 1. The van der Waals surface area contributed by atoms with E-state index in [1.807, 2.05) is 4.90 Å². The van der Waals surface area contributed by atoms with Crippen molar-refractivity contribution in [2.45, 2.75) is 45.1 Å². The molecule has 5 nitrogen and oxygen atoms in total. The Kier molecular flexibility index (Phi) is 4.48. The van der Waals surface area contributed by atoms with Gasteiger partial charge in [0, 0.05) is 25.6 Å². The second kappa shape index (κ2) is 6.34. The first-order valence-electron chi connectivity index (χ1n) is 8.43. The minimum absolute atomic E-state index is 0.143. The molecule has 118 valence electrons. The van der Waals surface area contributed by atoms with Gasteiger partial charge in [0.25, 0.3) is 0 Å².